The van der Waals surface area contributed by atoms with Crippen molar-refractivity contribution in [1.82, 2.24) is 20.2 Å². The number of benzene rings is 2. The van der Waals surface area contributed by atoms with E-state index in [9.17, 15) is 23.2 Å². The van der Waals surface area contributed by atoms with Crippen molar-refractivity contribution in [1.29, 1.82) is 0 Å². The van der Waals surface area contributed by atoms with Gasteiger partial charge in [0.15, 0.2) is 16.9 Å². The van der Waals surface area contributed by atoms with Crippen molar-refractivity contribution < 1.29 is 69.8 Å². The van der Waals surface area contributed by atoms with E-state index in [-0.39, 0.29) is 76.9 Å². The van der Waals surface area contributed by atoms with Crippen LogP contribution in [0.25, 0.3) is 44.7 Å². The fraction of sp³-hybridized carbons (Fsp3) is 0.310. The number of furan rings is 2. The Morgan fingerprint density at radius 1 is 0.772 bits per heavy atom. The molecule has 15 heteroatoms. The van der Waals surface area contributed by atoms with E-state index in [1.807, 2.05) is 47.6 Å². The largest absolute Gasteiger partial charge is 0.475 e. The van der Waals surface area contributed by atoms with E-state index in [4.69, 9.17) is 37.1 Å². The first-order valence-electron chi connectivity index (χ1n) is 17.7. The summed E-state index contributed by atoms with van der Waals surface area (Å²) in [5.74, 6) is -2.88. The molecule has 1 aliphatic rings. The Kier molecular flexibility index (Phi) is 12.5. The molecule has 1 saturated heterocycles. The average Bonchev–Trinajstić information content (AvgIpc) is 3.75. The van der Waals surface area contributed by atoms with Gasteiger partial charge in [0.1, 0.15) is 28.2 Å². The van der Waals surface area contributed by atoms with E-state index in [0.717, 1.165) is 11.1 Å². The van der Waals surface area contributed by atoms with Gasteiger partial charge in [-0.2, -0.15) is 0 Å². The molecular formula is C42H40Cl2F2N4O6Y. The van der Waals surface area contributed by atoms with E-state index in [0.29, 0.717) is 57.8 Å². The van der Waals surface area contributed by atoms with Gasteiger partial charge in [0, 0.05) is 80.2 Å². The van der Waals surface area contributed by atoms with E-state index < -0.39 is 23.1 Å². The molecule has 0 bridgehead atoms. The number of aromatic carboxylic acids is 1. The van der Waals surface area contributed by atoms with Crippen LogP contribution in [-0.2, 0) is 48.3 Å². The molecule has 2 aromatic carbocycles. The maximum absolute atomic E-state index is 14.1. The number of piperazine rings is 1. The molecule has 2 amide bonds. The molecule has 0 atom stereocenters. The molecule has 57 heavy (non-hydrogen) atoms. The van der Waals surface area contributed by atoms with Crippen LogP contribution >= 0.6 is 23.2 Å². The van der Waals surface area contributed by atoms with Crippen LogP contribution in [0.5, 0.6) is 0 Å². The van der Waals surface area contributed by atoms with Crippen LogP contribution in [0.15, 0.2) is 69.5 Å². The number of carbonyl (C=O) groups excluding carboxylic acids is 2. The zero-order valence-corrected chi connectivity index (χ0v) is 37.0. The Morgan fingerprint density at radius 3 is 1.63 bits per heavy atom. The first-order valence-corrected chi connectivity index (χ1v) is 18.5. The molecule has 2 N–H and O–H groups in total. The fourth-order valence-electron chi connectivity index (χ4n) is 6.36. The maximum atomic E-state index is 14.1. The molecule has 1 fully saturated rings. The van der Waals surface area contributed by atoms with Crippen LogP contribution < -0.4 is 5.32 Å². The van der Waals surface area contributed by atoms with E-state index in [1.54, 1.807) is 38.1 Å². The summed E-state index contributed by atoms with van der Waals surface area (Å²) in [6.07, 6.45) is 0. The minimum atomic E-state index is -1.16. The van der Waals surface area contributed by atoms with Crippen molar-refractivity contribution in [3.05, 3.63) is 105 Å². The number of fused-ring (bicyclic) bond motifs is 2. The third kappa shape index (κ3) is 8.94. The summed E-state index contributed by atoms with van der Waals surface area (Å²) >= 11 is 11.6. The van der Waals surface area contributed by atoms with Crippen molar-refractivity contribution in [2.24, 2.45) is 0 Å². The van der Waals surface area contributed by atoms with Crippen LogP contribution in [0.2, 0.25) is 10.0 Å². The number of rotatable bonds is 4. The van der Waals surface area contributed by atoms with Crippen molar-refractivity contribution in [2.75, 3.05) is 13.1 Å². The molecule has 7 rings (SSSR count). The molecule has 0 saturated carbocycles. The number of hydrogen-bond donors (Lipinski definition) is 2. The van der Waals surface area contributed by atoms with Gasteiger partial charge in [0.25, 0.3) is 5.91 Å². The van der Waals surface area contributed by atoms with Gasteiger partial charge in [0.2, 0.25) is 11.7 Å². The van der Waals surface area contributed by atoms with Gasteiger partial charge in [-0.25, -0.2) is 23.5 Å². The molecule has 5 heterocycles. The summed E-state index contributed by atoms with van der Waals surface area (Å²) in [5.41, 5.74) is 4.04. The van der Waals surface area contributed by atoms with Crippen molar-refractivity contribution in [3.63, 3.8) is 0 Å². The second kappa shape index (κ2) is 16.2. The molecule has 0 unspecified atom stereocenters. The number of hydrogen-bond acceptors (Lipinski definition) is 7. The number of halogens is 4. The van der Waals surface area contributed by atoms with Gasteiger partial charge in [-0.1, -0.05) is 76.9 Å². The predicted octanol–water partition coefficient (Wildman–Crippen LogP) is 10.2. The Balaban J connectivity index is 0.000000222. The summed E-state index contributed by atoms with van der Waals surface area (Å²) in [6, 6.07) is 15.6. The summed E-state index contributed by atoms with van der Waals surface area (Å²) in [5, 5.41) is 12.0. The first-order chi connectivity index (χ1) is 26.1. The van der Waals surface area contributed by atoms with Crippen molar-refractivity contribution in [3.8, 4) is 22.5 Å². The monoisotopic (exact) mass is 893 g/mol. The Hall–Kier alpha value is -4.23. The van der Waals surface area contributed by atoms with E-state index >= 15 is 0 Å². The van der Waals surface area contributed by atoms with Gasteiger partial charge >= 0.3 is 5.97 Å². The van der Waals surface area contributed by atoms with Gasteiger partial charge in [-0.3, -0.25) is 9.59 Å². The van der Waals surface area contributed by atoms with Crippen molar-refractivity contribution in [2.45, 2.75) is 71.8 Å². The molecule has 0 aliphatic carbocycles. The predicted molar refractivity (Wildman–Crippen MR) is 211 cm³/mol. The van der Waals surface area contributed by atoms with Gasteiger partial charge < -0.3 is 24.2 Å². The number of pyridine rings is 2. The summed E-state index contributed by atoms with van der Waals surface area (Å²) in [6.45, 7) is 16.2. The summed E-state index contributed by atoms with van der Waals surface area (Å²) < 4.78 is 39.3. The van der Waals surface area contributed by atoms with Crippen LogP contribution in [-0.4, -0.2) is 56.4 Å². The zero-order chi connectivity index (χ0) is 41.1. The summed E-state index contributed by atoms with van der Waals surface area (Å²) in [4.78, 5) is 47.3. The second-order valence-corrected chi connectivity index (χ2v) is 16.9. The second-order valence-electron chi connectivity index (χ2n) is 16.1. The number of carboxylic acids is 1. The molecule has 0 spiro atoms. The van der Waals surface area contributed by atoms with E-state index in [2.05, 4.69) is 15.3 Å². The zero-order valence-electron chi connectivity index (χ0n) is 32.6. The molecule has 1 radical (unpaired) electrons. The van der Waals surface area contributed by atoms with Crippen LogP contribution in [0.1, 0.15) is 87.6 Å². The number of carboxylic acid groups (broad SMARTS) is 1. The first kappa shape index (κ1) is 43.9. The van der Waals surface area contributed by atoms with Crippen LogP contribution in [0, 0.1) is 11.6 Å². The number of nitrogens with one attached hydrogen (secondary N) is 1. The van der Waals surface area contributed by atoms with Gasteiger partial charge in [-0.05, 0) is 61.1 Å². The smallest absolute Gasteiger partial charge is 0.371 e. The maximum Gasteiger partial charge on any atom is 0.371 e. The number of amides is 2. The summed E-state index contributed by atoms with van der Waals surface area (Å²) in [7, 11) is 0. The number of aromatic nitrogens is 2. The molecular weight excluding hydrogens is 854 g/mol. The van der Waals surface area contributed by atoms with Gasteiger partial charge in [-0.15, -0.1) is 0 Å². The molecule has 10 nitrogen and oxygen atoms in total. The number of carbonyl (C=O) groups is 3. The SMILES string of the molecule is CC(C)(C)c1cc(-c2ccc(Cl)c(F)c2)nc2cc(C(=O)N3CCNC(=O)C3(C)C)oc12.CC(C)(C)c1cc(-c2ccc(Cl)c(F)c2)nc2cc(C(=O)O)oc12.[Y]. The molecule has 4 aromatic heterocycles. The molecule has 6 aromatic rings. The average molecular weight is 895 g/mol. The van der Waals surface area contributed by atoms with Gasteiger partial charge in [0.05, 0.1) is 21.4 Å². The Bertz CT molecular complexity index is 2560. The minimum Gasteiger partial charge on any atom is -0.475 e. The van der Waals surface area contributed by atoms with Crippen LogP contribution in [0.4, 0.5) is 8.78 Å². The molecule has 1 aliphatic heterocycles. The number of nitrogens with zero attached hydrogens (tertiary/aromatic N) is 3. The van der Waals surface area contributed by atoms with Crippen molar-refractivity contribution >= 4 is 63.2 Å². The Morgan fingerprint density at radius 2 is 1.21 bits per heavy atom. The fourth-order valence-corrected chi connectivity index (χ4v) is 6.60. The Labute approximate surface area is 363 Å². The normalized spacial score (nSPS) is 14.2. The third-order valence-corrected chi connectivity index (χ3v) is 10.1. The standard InChI is InChI=1S/C24H25ClFN3O3.C18H15ClFNO3.Y/c1-23(2,3)14-11-17(13-6-7-15(25)16(26)10-13)28-18-12-19(32-20(14)18)21(30)29-9-8-27-22(31)24(29,4)5;1-18(2,3)10-7-13(9-4-5-11(19)12(20)6-9)21-14-8-15(17(22)23)24-16(10)14;/h6-7,10-12H,8-9H2,1-5H3,(H,27,31);4-8H,1-3H3,(H,22,23);. The third-order valence-electron chi connectivity index (χ3n) is 9.52. The quantitative estimate of drug-likeness (QED) is 0.178. The minimum absolute atomic E-state index is 0. The van der Waals surface area contributed by atoms with E-state index in [1.165, 1.54) is 35.2 Å². The topological polar surface area (TPSA) is 139 Å². The molecule has 295 valence electrons. The van der Waals surface area contributed by atoms with Crippen LogP contribution in [0.3, 0.4) is 0 Å².